The molecule has 0 aliphatic heterocycles. The van der Waals surface area contributed by atoms with Gasteiger partial charge in [-0.3, -0.25) is 9.69 Å². The summed E-state index contributed by atoms with van der Waals surface area (Å²) in [7, 11) is 0. The zero-order valence-corrected chi connectivity index (χ0v) is 18.2. The Bertz CT molecular complexity index is 1110. The summed E-state index contributed by atoms with van der Waals surface area (Å²) >= 11 is 7.78. The molecule has 5 nitrogen and oxygen atoms in total. The van der Waals surface area contributed by atoms with Crippen molar-refractivity contribution in [1.82, 2.24) is 14.5 Å². The average Bonchev–Trinajstić information content (AvgIpc) is 3.35. The molecule has 0 aliphatic carbocycles. The minimum atomic E-state index is -0.0514. The van der Waals surface area contributed by atoms with Crippen molar-refractivity contribution >= 4 is 56.6 Å². The van der Waals surface area contributed by atoms with E-state index in [-0.39, 0.29) is 18.3 Å². The van der Waals surface area contributed by atoms with Crippen LogP contribution in [0.3, 0.4) is 0 Å². The first-order valence-corrected chi connectivity index (χ1v) is 10.2. The van der Waals surface area contributed by atoms with E-state index >= 15 is 0 Å². The summed E-state index contributed by atoms with van der Waals surface area (Å²) in [6, 6.07) is 13.3. The number of fused-ring (bicyclic) bond motifs is 1. The number of carbonyl (C=O) groups excluding carboxylic acids is 1. The van der Waals surface area contributed by atoms with Gasteiger partial charge in [-0.15, -0.1) is 12.4 Å². The van der Waals surface area contributed by atoms with Crippen LogP contribution in [0.2, 0.25) is 5.02 Å². The van der Waals surface area contributed by atoms with Crippen LogP contribution in [0.4, 0.5) is 5.13 Å². The standard InChI is InChI=1S/C21H19ClN4OS.ClH/c1-15-5-2-6-16(13-15)20(27)26(11-4-10-25-12-9-23-14-25)21-24-19-17(22)7-3-8-18(19)28-21;/h2-3,5-9,12-14H,4,10-11H2,1H3;1H. The number of hydrogen-bond donors (Lipinski definition) is 0. The van der Waals surface area contributed by atoms with E-state index in [9.17, 15) is 4.79 Å². The maximum Gasteiger partial charge on any atom is 0.260 e. The van der Waals surface area contributed by atoms with E-state index in [4.69, 9.17) is 11.6 Å². The molecule has 4 aromatic rings. The number of imidazole rings is 1. The van der Waals surface area contributed by atoms with E-state index in [1.165, 1.54) is 11.3 Å². The third kappa shape index (κ3) is 4.78. The fourth-order valence-electron chi connectivity index (χ4n) is 3.07. The van der Waals surface area contributed by atoms with Crippen LogP contribution < -0.4 is 4.90 Å². The summed E-state index contributed by atoms with van der Waals surface area (Å²) in [5.41, 5.74) is 2.45. The molecule has 0 saturated heterocycles. The van der Waals surface area contributed by atoms with Gasteiger partial charge in [-0.2, -0.15) is 0 Å². The summed E-state index contributed by atoms with van der Waals surface area (Å²) in [5, 5.41) is 1.27. The predicted molar refractivity (Wildman–Crippen MR) is 122 cm³/mol. The number of carbonyl (C=O) groups is 1. The number of benzene rings is 2. The fourth-order valence-corrected chi connectivity index (χ4v) is 4.36. The molecular weight excluding hydrogens is 427 g/mol. The summed E-state index contributed by atoms with van der Waals surface area (Å²) in [4.78, 5) is 23.8. The molecule has 0 radical (unpaired) electrons. The van der Waals surface area contributed by atoms with Crippen LogP contribution in [0.1, 0.15) is 22.3 Å². The Morgan fingerprint density at radius 2 is 2.07 bits per heavy atom. The van der Waals surface area contributed by atoms with Crippen molar-refractivity contribution in [1.29, 1.82) is 0 Å². The number of anilines is 1. The van der Waals surface area contributed by atoms with Gasteiger partial charge in [0.2, 0.25) is 0 Å². The number of nitrogens with zero attached hydrogens (tertiary/aromatic N) is 4. The number of halogens is 2. The Hall–Kier alpha value is -2.41. The number of aryl methyl sites for hydroxylation is 2. The highest BCUT2D eigenvalue weighted by Gasteiger charge is 2.21. The van der Waals surface area contributed by atoms with Gasteiger partial charge < -0.3 is 4.57 Å². The normalized spacial score (nSPS) is 10.7. The van der Waals surface area contributed by atoms with Gasteiger partial charge in [0.15, 0.2) is 5.13 Å². The zero-order chi connectivity index (χ0) is 19.5. The molecule has 0 atom stereocenters. The van der Waals surface area contributed by atoms with E-state index in [0.29, 0.717) is 22.3 Å². The van der Waals surface area contributed by atoms with Gasteiger partial charge in [0, 0.05) is 31.0 Å². The maximum absolute atomic E-state index is 13.3. The van der Waals surface area contributed by atoms with Crippen LogP contribution in [0.15, 0.2) is 61.2 Å². The highest BCUT2D eigenvalue weighted by Crippen LogP contribution is 2.33. The molecule has 0 spiro atoms. The summed E-state index contributed by atoms with van der Waals surface area (Å²) < 4.78 is 2.98. The summed E-state index contributed by atoms with van der Waals surface area (Å²) in [5.74, 6) is -0.0514. The molecule has 0 saturated carbocycles. The molecule has 0 fully saturated rings. The van der Waals surface area contributed by atoms with Gasteiger partial charge in [0.1, 0.15) is 5.52 Å². The van der Waals surface area contributed by atoms with Crippen molar-refractivity contribution in [2.75, 3.05) is 11.4 Å². The second kappa shape index (κ2) is 9.39. The Labute approximate surface area is 184 Å². The number of thiazole rings is 1. The van der Waals surface area contributed by atoms with Crippen LogP contribution in [0.25, 0.3) is 10.2 Å². The van der Waals surface area contributed by atoms with E-state index in [0.717, 1.165) is 28.7 Å². The van der Waals surface area contributed by atoms with Gasteiger partial charge in [0.25, 0.3) is 5.91 Å². The Morgan fingerprint density at radius 1 is 1.24 bits per heavy atom. The van der Waals surface area contributed by atoms with Crippen LogP contribution in [0, 0.1) is 6.92 Å². The molecule has 1 amide bonds. The highest BCUT2D eigenvalue weighted by atomic mass is 35.5. The van der Waals surface area contributed by atoms with Crippen LogP contribution in [-0.2, 0) is 6.54 Å². The largest absolute Gasteiger partial charge is 0.337 e. The lowest BCUT2D eigenvalue weighted by atomic mass is 10.1. The molecule has 2 heterocycles. The quantitative estimate of drug-likeness (QED) is 0.386. The number of amides is 1. The van der Waals surface area contributed by atoms with E-state index in [1.807, 2.05) is 60.2 Å². The SMILES string of the molecule is Cc1cccc(C(=O)N(CCCn2ccnc2)c2nc3c(Cl)cccc3s2)c1.Cl. The summed E-state index contributed by atoms with van der Waals surface area (Å²) in [6.07, 6.45) is 6.25. The fraction of sp³-hybridized carbons (Fsp3) is 0.190. The third-order valence-corrected chi connectivity index (χ3v) is 5.81. The van der Waals surface area contributed by atoms with Gasteiger partial charge >= 0.3 is 0 Å². The maximum atomic E-state index is 13.3. The second-order valence-electron chi connectivity index (χ2n) is 6.56. The lowest BCUT2D eigenvalue weighted by Crippen LogP contribution is -2.32. The van der Waals surface area contributed by atoms with Crippen molar-refractivity contribution < 1.29 is 4.79 Å². The minimum Gasteiger partial charge on any atom is -0.337 e. The van der Waals surface area contributed by atoms with Crippen molar-refractivity contribution in [2.24, 2.45) is 0 Å². The molecule has 150 valence electrons. The average molecular weight is 447 g/mol. The zero-order valence-electron chi connectivity index (χ0n) is 15.8. The molecule has 8 heteroatoms. The molecule has 2 aromatic heterocycles. The van der Waals surface area contributed by atoms with Crippen LogP contribution in [-0.4, -0.2) is 27.0 Å². The predicted octanol–water partition coefficient (Wildman–Crippen LogP) is 5.61. The van der Waals surface area contributed by atoms with Crippen LogP contribution >= 0.6 is 35.3 Å². The first kappa shape index (κ1) is 21.3. The summed E-state index contributed by atoms with van der Waals surface area (Å²) in [6.45, 7) is 3.32. The number of aromatic nitrogens is 3. The molecule has 2 aromatic carbocycles. The molecule has 4 rings (SSSR count). The lowest BCUT2D eigenvalue weighted by molar-refractivity contribution is 0.0986. The highest BCUT2D eigenvalue weighted by molar-refractivity contribution is 7.22. The smallest absolute Gasteiger partial charge is 0.260 e. The Morgan fingerprint density at radius 3 is 2.79 bits per heavy atom. The van der Waals surface area contributed by atoms with Crippen molar-refractivity contribution in [2.45, 2.75) is 19.9 Å². The first-order valence-electron chi connectivity index (χ1n) is 9.01. The number of para-hydroxylation sites is 1. The first-order chi connectivity index (χ1) is 13.6. The minimum absolute atomic E-state index is 0. The Kier molecular flexibility index (Phi) is 6.90. The van der Waals surface area contributed by atoms with Crippen molar-refractivity contribution in [3.63, 3.8) is 0 Å². The van der Waals surface area contributed by atoms with Crippen molar-refractivity contribution in [3.8, 4) is 0 Å². The van der Waals surface area contributed by atoms with E-state index < -0.39 is 0 Å². The molecular formula is C21H20Cl2N4OS. The van der Waals surface area contributed by atoms with Crippen molar-refractivity contribution in [3.05, 3.63) is 77.3 Å². The van der Waals surface area contributed by atoms with Gasteiger partial charge in [-0.05, 0) is 37.6 Å². The number of rotatable bonds is 6. The topological polar surface area (TPSA) is 51.0 Å². The molecule has 0 unspecified atom stereocenters. The third-order valence-electron chi connectivity index (χ3n) is 4.46. The lowest BCUT2D eigenvalue weighted by Gasteiger charge is -2.20. The van der Waals surface area contributed by atoms with Gasteiger partial charge in [-0.1, -0.05) is 46.7 Å². The molecule has 0 aliphatic rings. The van der Waals surface area contributed by atoms with Crippen LogP contribution in [0.5, 0.6) is 0 Å². The second-order valence-corrected chi connectivity index (χ2v) is 7.98. The molecule has 29 heavy (non-hydrogen) atoms. The number of hydrogen-bond acceptors (Lipinski definition) is 4. The van der Waals surface area contributed by atoms with E-state index in [2.05, 4.69) is 9.97 Å². The van der Waals surface area contributed by atoms with Gasteiger partial charge in [-0.25, -0.2) is 9.97 Å². The van der Waals surface area contributed by atoms with Gasteiger partial charge in [0.05, 0.1) is 16.0 Å². The molecule has 0 N–H and O–H groups in total. The Balaban J connectivity index is 0.00000240. The monoisotopic (exact) mass is 446 g/mol. The van der Waals surface area contributed by atoms with E-state index in [1.54, 1.807) is 17.4 Å². The molecule has 0 bridgehead atoms.